The van der Waals surface area contributed by atoms with Crippen LogP contribution in [0.4, 0.5) is 13.2 Å². The van der Waals surface area contributed by atoms with Crippen molar-refractivity contribution >= 4 is 5.65 Å². The summed E-state index contributed by atoms with van der Waals surface area (Å²) in [6, 6.07) is 7.02. The molecule has 126 valence electrons. The molecule has 1 aromatic carbocycles. The zero-order valence-electron chi connectivity index (χ0n) is 12.9. The molecule has 4 aromatic rings. The minimum absolute atomic E-state index is 0.247. The molecule has 3 heterocycles. The second-order valence-corrected chi connectivity index (χ2v) is 5.57. The molecular weight excluding hydrogens is 331 g/mol. The molecule has 0 saturated carbocycles. The second kappa shape index (κ2) is 5.73. The molecule has 0 unspecified atom stereocenters. The maximum absolute atomic E-state index is 12.8. The van der Waals surface area contributed by atoms with E-state index >= 15 is 0 Å². The van der Waals surface area contributed by atoms with E-state index in [1.807, 2.05) is 0 Å². The number of benzene rings is 1. The van der Waals surface area contributed by atoms with Crippen LogP contribution in [0.2, 0.25) is 0 Å². The Morgan fingerprint density at radius 3 is 2.76 bits per heavy atom. The predicted octanol–water partition coefficient (Wildman–Crippen LogP) is 3.66. The number of hydrogen-bond acceptors (Lipinski definition) is 3. The van der Waals surface area contributed by atoms with Crippen LogP contribution in [-0.4, -0.2) is 24.4 Å². The van der Waals surface area contributed by atoms with Gasteiger partial charge in [-0.15, -0.1) is 0 Å². The van der Waals surface area contributed by atoms with Crippen LogP contribution in [0.5, 0.6) is 0 Å². The fourth-order valence-corrected chi connectivity index (χ4v) is 2.65. The Hall–Kier alpha value is -3.16. The average Bonchev–Trinajstić information content (AvgIpc) is 3.21. The van der Waals surface area contributed by atoms with Crippen LogP contribution in [0.1, 0.15) is 11.1 Å². The van der Waals surface area contributed by atoms with Crippen LogP contribution in [-0.2, 0) is 12.7 Å². The molecule has 0 amide bonds. The fourth-order valence-electron chi connectivity index (χ4n) is 2.65. The molecular formula is C17H12F3N5. The maximum atomic E-state index is 12.8. The summed E-state index contributed by atoms with van der Waals surface area (Å²) in [6.07, 6.45) is 4.22. The lowest BCUT2D eigenvalue weighted by Crippen LogP contribution is -2.07. The molecule has 0 fully saturated rings. The summed E-state index contributed by atoms with van der Waals surface area (Å²) in [5, 5.41) is 8.46. The molecule has 8 heteroatoms. The molecule has 3 aromatic heterocycles. The van der Waals surface area contributed by atoms with Gasteiger partial charge in [0, 0.05) is 29.7 Å². The van der Waals surface area contributed by atoms with Crippen molar-refractivity contribution in [2.75, 3.05) is 0 Å². The first-order valence-corrected chi connectivity index (χ1v) is 7.48. The van der Waals surface area contributed by atoms with Crippen LogP contribution < -0.4 is 0 Å². The number of nitrogens with zero attached hydrogens (tertiary/aromatic N) is 5. The summed E-state index contributed by atoms with van der Waals surface area (Å²) in [5.41, 5.74) is 2.18. The highest BCUT2D eigenvalue weighted by atomic mass is 19.4. The van der Waals surface area contributed by atoms with Gasteiger partial charge in [0.1, 0.15) is 0 Å². The minimum atomic E-state index is -4.35. The van der Waals surface area contributed by atoms with E-state index in [-0.39, 0.29) is 6.54 Å². The van der Waals surface area contributed by atoms with Crippen LogP contribution >= 0.6 is 0 Å². The van der Waals surface area contributed by atoms with E-state index in [0.717, 1.165) is 23.3 Å². The van der Waals surface area contributed by atoms with E-state index in [1.54, 1.807) is 52.3 Å². The molecule has 0 aliphatic carbocycles. The lowest BCUT2D eigenvalue weighted by Gasteiger charge is -2.08. The molecule has 0 radical (unpaired) electrons. The van der Waals surface area contributed by atoms with Gasteiger partial charge in [-0.2, -0.15) is 23.4 Å². The van der Waals surface area contributed by atoms with Crippen LogP contribution in [0.25, 0.3) is 16.8 Å². The quantitative estimate of drug-likeness (QED) is 0.570. The second-order valence-electron chi connectivity index (χ2n) is 5.57. The van der Waals surface area contributed by atoms with Gasteiger partial charge in [0.15, 0.2) is 5.65 Å². The molecule has 5 nitrogen and oxygen atoms in total. The van der Waals surface area contributed by atoms with Gasteiger partial charge in [-0.1, -0.05) is 12.1 Å². The summed E-state index contributed by atoms with van der Waals surface area (Å²) < 4.78 is 41.7. The first-order chi connectivity index (χ1) is 12.0. The van der Waals surface area contributed by atoms with E-state index in [1.165, 1.54) is 6.07 Å². The Morgan fingerprint density at radius 2 is 1.92 bits per heavy atom. The molecule has 0 bridgehead atoms. The van der Waals surface area contributed by atoms with Crippen LogP contribution in [0, 0.1) is 0 Å². The monoisotopic (exact) mass is 343 g/mol. The average molecular weight is 343 g/mol. The van der Waals surface area contributed by atoms with Crippen molar-refractivity contribution in [3.8, 4) is 11.1 Å². The topological polar surface area (TPSA) is 48.0 Å². The summed E-state index contributed by atoms with van der Waals surface area (Å²) in [4.78, 5) is 4.29. The SMILES string of the molecule is FC(F)(F)c1cccc(Cn2cc(-c3cnn4cccnc34)cn2)c1. The van der Waals surface area contributed by atoms with E-state index in [9.17, 15) is 13.2 Å². The van der Waals surface area contributed by atoms with Gasteiger partial charge in [-0.05, 0) is 23.8 Å². The molecule has 0 saturated heterocycles. The van der Waals surface area contributed by atoms with Crippen molar-refractivity contribution in [3.63, 3.8) is 0 Å². The Balaban J connectivity index is 1.62. The summed E-state index contributed by atoms with van der Waals surface area (Å²) in [7, 11) is 0. The van der Waals surface area contributed by atoms with E-state index in [0.29, 0.717) is 11.2 Å². The molecule has 0 atom stereocenters. The molecule has 25 heavy (non-hydrogen) atoms. The van der Waals surface area contributed by atoms with Gasteiger partial charge < -0.3 is 0 Å². The standard InChI is InChI=1S/C17H12F3N5/c18-17(19,20)14-4-1-3-12(7-14)10-24-11-13(8-22-24)15-9-23-25-6-2-5-21-16(15)25/h1-9,11H,10H2. The molecule has 0 N–H and O–H groups in total. The number of fused-ring (bicyclic) bond motifs is 1. The lowest BCUT2D eigenvalue weighted by atomic mass is 10.1. The third-order valence-corrected chi connectivity index (χ3v) is 3.82. The summed E-state index contributed by atoms with van der Waals surface area (Å²) in [5.74, 6) is 0. The van der Waals surface area contributed by atoms with Crippen molar-refractivity contribution in [3.05, 3.63) is 72.4 Å². The largest absolute Gasteiger partial charge is 0.416 e. The molecule has 0 aliphatic heterocycles. The van der Waals surface area contributed by atoms with Gasteiger partial charge in [0.2, 0.25) is 0 Å². The predicted molar refractivity (Wildman–Crippen MR) is 84.8 cm³/mol. The number of rotatable bonds is 3. The van der Waals surface area contributed by atoms with Crippen molar-refractivity contribution in [1.29, 1.82) is 0 Å². The van der Waals surface area contributed by atoms with Gasteiger partial charge in [0.05, 0.1) is 24.5 Å². The van der Waals surface area contributed by atoms with Gasteiger partial charge in [0.25, 0.3) is 0 Å². The van der Waals surface area contributed by atoms with Crippen LogP contribution in [0.15, 0.2) is 61.3 Å². The Morgan fingerprint density at radius 1 is 1.04 bits per heavy atom. The highest BCUT2D eigenvalue weighted by molar-refractivity contribution is 5.75. The number of alkyl halides is 3. The lowest BCUT2D eigenvalue weighted by molar-refractivity contribution is -0.137. The number of aromatic nitrogens is 5. The van der Waals surface area contributed by atoms with Crippen molar-refractivity contribution in [2.24, 2.45) is 0 Å². The van der Waals surface area contributed by atoms with Gasteiger partial charge in [-0.25, -0.2) is 9.50 Å². The third kappa shape index (κ3) is 2.98. The number of hydrogen-bond donors (Lipinski definition) is 0. The normalized spacial score (nSPS) is 12.0. The number of halogens is 3. The van der Waals surface area contributed by atoms with Crippen molar-refractivity contribution in [2.45, 2.75) is 12.7 Å². The zero-order valence-corrected chi connectivity index (χ0v) is 12.9. The van der Waals surface area contributed by atoms with E-state index in [2.05, 4.69) is 15.2 Å². The highest BCUT2D eigenvalue weighted by Crippen LogP contribution is 2.30. The molecule has 0 aliphatic rings. The van der Waals surface area contributed by atoms with Crippen molar-refractivity contribution < 1.29 is 13.2 Å². The summed E-state index contributed by atoms with van der Waals surface area (Å²) >= 11 is 0. The van der Waals surface area contributed by atoms with E-state index < -0.39 is 11.7 Å². The third-order valence-electron chi connectivity index (χ3n) is 3.82. The first-order valence-electron chi connectivity index (χ1n) is 7.48. The molecule has 4 rings (SSSR count). The Bertz CT molecular complexity index is 1030. The first kappa shape index (κ1) is 15.4. The smallest absolute Gasteiger partial charge is 0.268 e. The van der Waals surface area contributed by atoms with Gasteiger partial charge in [-0.3, -0.25) is 4.68 Å². The minimum Gasteiger partial charge on any atom is -0.268 e. The maximum Gasteiger partial charge on any atom is 0.416 e. The van der Waals surface area contributed by atoms with Gasteiger partial charge >= 0.3 is 6.18 Å². The Kier molecular flexibility index (Phi) is 3.52. The molecule has 0 spiro atoms. The highest BCUT2D eigenvalue weighted by Gasteiger charge is 2.30. The zero-order chi connectivity index (χ0) is 17.4. The summed E-state index contributed by atoms with van der Waals surface area (Å²) in [6.45, 7) is 0.247. The van der Waals surface area contributed by atoms with Crippen LogP contribution in [0.3, 0.4) is 0 Å². The fraction of sp³-hybridized carbons (Fsp3) is 0.118. The Labute approximate surface area is 140 Å². The van der Waals surface area contributed by atoms with Crippen molar-refractivity contribution in [1.82, 2.24) is 24.4 Å². The van der Waals surface area contributed by atoms with E-state index in [4.69, 9.17) is 0 Å².